The van der Waals surface area contributed by atoms with Crippen LogP contribution in [0.2, 0.25) is 5.02 Å². The SMILES string of the molecule is O=C(O)c1cccc(-n2ncc3c(=O)n(-c4ccc(Cl)cc4)c(-c4ccc(Br)cc4)nc32)c1. The second-order valence-corrected chi connectivity index (χ2v) is 8.56. The van der Waals surface area contributed by atoms with Gasteiger partial charge in [0.1, 0.15) is 11.2 Å². The zero-order chi connectivity index (χ0) is 23.1. The Kier molecular flexibility index (Phi) is 5.32. The normalized spacial score (nSPS) is 11.1. The summed E-state index contributed by atoms with van der Waals surface area (Å²) in [5.74, 6) is -0.639. The minimum absolute atomic E-state index is 0.110. The summed E-state index contributed by atoms with van der Waals surface area (Å²) in [6.45, 7) is 0. The fraction of sp³-hybridized carbons (Fsp3) is 0. The summed E-state index contributed by atoms with van der Waals surface area (Å²) in [6, 6.07) is 20.7. The number of halogens is 2. The molecule has 0 aliphatic rings. The van der Waals surface area contributed by atoms with E-state index < -0.39 is 5.97 Å². The second-order valence-electron chi connectivity index (χ2n) is 7.21. The molecule has 2 aromatic heterocycles. The molecule has 162 valence electrons. The van der Waals surface area contributed by atoms with Gasteiger partial charge in [0.15, 0.2) is 5.65 Å². The van der Waals surface area contributed by atoms with Gasteiger partial charge in [-0.1, -0.05) is 45.7 Å². The molecular formula is C24H14BrClN4O3. The first kappa shape index (κ1) is 21.1. The maximum Gasteiger partial charge on any atom is 0.335 e. The molecule has 3 aromatic carbocycles. The summed E-state index contributed by atoms with van der Waals surface area (Å²) in [6.07, 6.45) is 1.44. The third-order valence-electron chi connectivity index (χ3n) is 5.13. The quantitative estimate of drug-likeness (QED) is 0.344. The van der Waals surface area contributed by atoms with Crippen molar-refractivity contribution in [2.75, 3.05) is 0 Å². The lowest BCUT2D eigenvalue weighted by Gasteiger charge is -2.14. The van der Waals surface area contributed by atoms with Crippen LogP contribution >= 0.6 is 27.5 Å². The summed E-state index contributed by atoms with van der Waals surface area (Å²) in [5, 5.41) is 14.5. The molecule has 1 N–H and O–H groups in total. The van der Waals surface area contributed by atoms with Crippen LogP contribution in [-0.2, 0) is 0 Å². The van der Waals surface area contributed by atoms with Crippen LogP contribution in [0.1, 0.15) is 10.4 Å². The molecule has 0 aliphatic heterocycles. The highest BCUT2D eigenvalue weighted by atomic mass is 79.9. The lowest BCUT2D eigenvalue weighted by atomic mass is 10.2. The molecule has 0 aliphatic carbocycles. The van der Waals surface area contributed by atoms with Crippen molar-refractivity contribution in [1.29, 1.82) is 0 Å². The van der Waals surface area contributed by atoms with Crippen molar-refractivity contribution in [2.45, 2.75) is 0 Å². The van der Waals surface area contributed by atoms with E-state index in [1.807, 2.05) is 24.3 Å². The third-order valence-corrected chi connectivity index (χ3v) is 5.91. The fourth-order valence-corrected chi connectivity index (χ4v) is 3.94. The van der Waals surface area contributed by atoms with Crippen LogP contribution in [0.15, 0.2) is 88.3 Å². The highest BCUT2D eigenvalue weighted by Crippen LogP contribution is 2.25. The Morgan fingerprint density at radius 1 is 0.970 bits per heavy atom. The Hall–Kier alpha value is -3.75. The van der Waals surface area contributed by atoms with Crippen molar-refractivity contribution < 1.29 is 9.90 Å². The molecule has 0 radical (unpaired) electrons. The van der Waals surface area contributed by atoms with Gasteiger partial charge in [-0.05, 0) is 54.6 Å². The molecule has 9 heteroatoms. The molecule has 0 saturated heterocycles. The number of nitrogens with zero attached hydrogens (tertiary/aromatic N) is 4. The van der Waals surface area contributed by atoms with Crippen molar-refractivity contribution in [3.8, 4) is 22.8 Å². The van der Waals surface area contributed by atoms with Gasteiger partial charge in [0.05, 0.1) is 23.1 Å². The molecule has 0 amide bonds. The molecule has 33 heavy (non-hydrogen) atoms. The number of hydrogen-bond acceptors (Lipinski definition) is 4. The number of aromatic nitrogens is 4. The number of carboxylic acids is 1. The van der Waals surface area contributed by atoms with Crippen molar-refractivity contribution in [3.05, 3.63) is 104 Å². The summed E-state index contributed by atoms with van der Waals surface area (Å²) in [7, 11) is 0. The monoisotopic (exact) mass is 520 g/mol. The predicted octanol–water partition coefficient (Wildman–Crippen LogP) is 5.35. The van der Waals surface area contributed by atoms with E-state index >= 15 is 0 Å². The van der Waals surface area contributed by atoms with Gasteiger partial charge in [-0.15, -0.1) is 0 Å². The van der Waals surface area contributed by atoms with E-state index in [0.717, 1.165) is 10.0 Å². The van der Waals surface area contributed by atoms with Gasteiger partial charge >= 0.3 is 5.97 Å². The average molecular weight is 522 g/mol. The molecule has 0 atom stereocenters. The first-order valence-electron chi connectivity index (χ1n) is 9.79. The number of aromatic carboxylic acids is 1. The van der Waals surface area contributed by atoms with Gasteiger partial charge in [0.2, 0.25) is 0 Å². The number of benzene rings is 3. The van der Waals surface area contributed by atoms with E-state index in [1.54, 1.807) is 36.4 Å². The van der Waals surface area contributed by atoms with Crippen LogP contribution in [0, 0.1) is 0 Å². The Labute approximate surface area is 200 Å². The zero-order valence-corrected chi connectivity index (χ0v) is 19.2. The van der Waals surface area contributed by atoms with E-state index in [-0.39, 0.29) is 11.1 Å². The van der Waals surface area contributed by atoms with Crippen molar-refractivity contribution >= 4 is 44.5 Å². The number of rotatable bonds is 4. The van der Waals surface area contributed by atoms with Crippen LogP contribution in [0.5, 0.6) is 0 Å². The Morgan fingerprint density at radius 3 is 2.39 bits per heavy atom. The van der Waals surface area contributed by atoms with Gasteiger partial charge in [-0.25, -0.2) is 14.5 Å². The summed E-state index contributed by atoms with van der Waals surface area (Å²) in [5.41, 5.74) is 1.95. The maximum atomic E-state index is 13.6. The molecule has 2 heterocycles. The minimum Gasteiger partial charge on any atom is -0.478 e. The van der Waals surface area contributed by atoms with Crippen LogP contribution in [0.25, 0.3) is 33.8 Å². The summed E-state index contributed by atoms with van der Waals surface area (Å²) < 4.78 is 3.88. The number of fused-ring (bicyclic) bond motifs is 1. The van der Waals surface area contributed by atoms with Crippen LogP contribution in [0.3, 0.4) is 0 Å². The summed E-state index contributed by atoms with van der Waals surface area (Å²) in [4.78, 5) is 29.9. The highest BCUT2D eigenvalue weighted by Gasteiger charge is 2.19. The lowest BCUT2D eigenvalue weighted by molar-refractivity contribution is 0.0697. The van der Waals surface area contributed by atoms with Crippen molar-refractivity contribution in [3.63, 3.8) is 0 Å². The highest BCUT2D eigenvalue weighted by molar-refractivity contribution is 9.10. The number of carboxylic acid groups (broad SMARTS) is 1. The first-order valence-corrected chi connectivity index (χ1v) is 11.0. The fourth-order valence-electron chi connectivity index (χ4n) is 3.55. The predicted molar refractivity (Wildman–Crippen MR) is 130 cm³/mol. The molecule has 0 unspecified atom stereocenters. The first-order chi connectivity index (χ1) is 15.9. The molecule has 5 rings (SSSR count). The Bertz CT molecular complexity index is 1570. The molecule has 0 fully saturated rings. The summed E-state index contributed by atoms with van der Waals surface area (Å²) >= 11 is 9.48. The number of hydrogen-bond donors (Lipinski definition) is 1. The van der Waals surface area contributed by atoms with E-state index in [4.69, 9.17) is 16.6 Å². The molecule has 0 saturated carbocycles. The Balaban J connectivity index is 1.82. The molecule has 0 bridgehead atoms. The van der Waals surface area contributed by atoms with Crippen molar-refractivity contribution in [2.24, 2.45) is 0 Å². The largest absolute Gasteiger partial charge is 0.478 e. The van der Waals surface area contributed by atoms with Crippen LogP contribution in [-0.4, -0.2) is 30.4 Å². The third kappa shape index (κ3) is 3.83. The molecule has 5 aromatic rings. The van der Waals surface area contributed by atoms with E-state index in [1.165, 1.54) is 27.6 Å². The second kappa shape index (κ2) is 8.31. The number of carbonyl (C=O) groups is 1. The lowest BCUT2D eigenvalue weighted by Crippen LogP contribution is -2.22. The molecule has 0 spiro atoms. The van der Waals surface area contributed by atoms with Crippen molar-refractivity contribution in [1.82, 2.24) is 19.3 Å². The Morgan fingerprint density at radius 2 is 1.70 bits per heavy atom. The van der Waals surface area contributed by atoms with E-state index in [0.29, 0.717) is 33.3 Å². The smallest absolute Gasteiger partial charge is 0.335 e. The van der Waals surface area contributed by atoms with Gasteiger partial charge in [-0.3, -0.25) is 9.36 Å². The van der Waals surface area contributed by atoms with E-state index in [2.05, 4.69) is 21.0 Å². The van der Waals surface area contributed by atoms with Gasteiger partial charge in [0.25, 0.3) is 5.56 Å². The van der Waals surface area contributed by atoms with Gasteiger partial charge in [0, 0.05) is 15.1 Å². The van der Waals surface area contributed by atoms with Gasteiger partial charge in [-0.2, -0.15) is 5.10 Å². The molecule has 7 nitrogen and oxygen atoms in total. The minimum atomic E-state index is -1.05. The zero-order valence-electron chi connectivity index (χ0n) is 16.8. The van der Waals surface area contributed by atoms with Crippen LogP contribution in [0.4, 0.5) is 0 Å². The maximum absolute atomic E-state index is 13.6. The molecular weight excluding hydrogens is 508 g/mol. The van der Waals surface area contributed by atoms with E-state index in [9.17, 15) is 14.7 Å². The van der Waals surface area contributed by atoms with Gasteiger partial charge < -0.3 is 5.11 Å². The topological polar surface area (TPSA) is 90.0 Å². The van der Waals surface area contributed by atoms with Crippen LogP contribution < -0.4 is 5.56 Å². The average Bonchev–Trinajstić information content (AvgIpc) is 3.25. The standard InChI is InChI=1S/C24H14BrClN4O3/c25-16-6-4-14(5-7-16)21-28-22-20(23(31)29(21)18-10-8-17(26)9-11-18)13-27-30(22)19-3-1-2-15(12-19)24(32)33/h1-13H,(H,32,33).